The topological polar surface area (TPSA) is 123 Å². The lowest BCUT2D eigenvalue weighted by atomic mass is 10.1. The summed E-state index contributed by atoms with van der Waals surface area (Å²) in [4.78, 5) is 27.4. The lowest BCUT2D eigenvalue weighted by molar-refractivity contribution is -0.115. The third kappa shape index (κ3) is 6.78. The largest absolute Gasteiger partial charge is 0.497 e. The standard InChI is InChI=1S/C27H28N6O3S/c1-4-33-26(35)24(37-27(33)23(17-29)25(34)30-13-12-28)18-31-20-8-5-7-19(15-20)11-14-32(2)21-9-6-10-22(16-21)36-3/h5-10,15-16,18,31H,4,11,13-14H2,1-3H3,(H,30,34)/b24-18+,27-23-. The molecule has 3 aromatic rings. The molecule has 0 aliphatic carbocycles. The quantitative estimate of drug-likeness (QED) is 0.394. The Hall–Kier alpha value is -4.54. The fourth-order valence-corrected chi connectivity index (χ4v) is 4.72. The van der Waals surface area contributed by atoms with Crippen LogP contribution < -0.4 is 35.0 Å². The van der Waals surface area contributed by atoms with E-state index in [1.807, 2.05) is 61.6 Å². The summed E-state index contributed by atoms with van der Waals surface area (Å²) in [6.07, 6.45) is 2.40. The maximum absolute atomic E-state index is 12.9. The highest BCUT2D eigenvalue weighted by Gasteiger charge is 2.15. The Labute approximate surface area is 219 Å². The molecule has 2 aromatic carbocycles. The van der Waals surface area contributed by atoms with Crippen LogP contribution in [0.25, 0.3) is 11.8 Å². The molecule has 2 N–H and O–H groups in total. The number of aromatic nitrogens is 1. The van der Waals surface area contributed by atoms with E-state index in [4.69, 9.17) is 10.00 Å². The van der Waals surface area contributed by atoms with Gasteiger partial charge in [-0.05, 0) is 43.2 Å². The molecule has 0 fully saturated rings. The molecule has 0 radical (unpaired) electrons. The van der Waals surface area contributed by atoms with Crippen molar-refractivity contribution in [2.75, 3.05) is 37.5 Å². The Morgan fingerprint density at radius 3 is 2.70 bits per heavy atom. The minimum atomic E-state index is -0.682. The zero-order valence-corrected chi connectivity index (χ0v) is 21.8. The van der Waals surface area contributed by atoms with Gasteiger partial charge < -0.3 is 20.3 Å². The zero-order valence-electron chi connectivity index (χ0n) is 20.9. The molecule has 0 aliphatic heterocycles. The Kier molecular flexibility index (Phi) is 9.48. The van der Waals surface area contributed by atoms with E-state index in [2.05, 4.69) is 15.5 Å². The number of amides is 1. The van der Waals surface area contributed by atoms with Gasteiger partial charge in [-0.1, -0.05) is 18.2 Å². The van der Waals surface area contributed by atoms with Gasteiger partial charge in [0.25, 0.3) is 11.5 Å². The second-order valence-corrected chi connectivity index (χ2v) is 9.04. The predicted octanol–water partition coefficient (Wildman–Crippen LogP) is 1.78. The van der Waals surface area contributed by atoms with Crippen LogP contribution in [0.1, 0.15) is 12.5 Å². The molecule has 0 saturated heterocycles. The third-order valence-corrected chi connectivity index (χ3v) is 6.76. The van der Waals surface area contributed by atoms with Crippen LogP contribution in [0, 0.1) is 22.7 Å². The van der Waals surface area contributed by atoms with Gasteiger partial charge in [0.05, 0.1) is 13.2 Å². The fraction of sp³-hybridized carbons (Fsp3) is 0.259. The van der Waals surface area contributed by atoms with E-state index in [-0.39, 0.29) is 22.3 Å². The predicted molar refractivity (Wildman–Crippen MR) is 146 cm³/mol. The first-order valence-electron chi connectivity index (χ1n) is 11.6. The molecular weight excluding hydrogens is 488 g/mol. The molecule has 0 atom stereocenters. The number of likely N-dealkylation sites (N-methyl/N-ethyl adjacent to an activating group) is 1. The Balaban J connectivity index is 1.80. The molecule has 190 valence electrons. The van der Waals surface area contributed by atoms with Gasteiger partial charge in [-0.2, -0.15) is 10.5 Å². The monoisotopic (exact) mass is 516 g/mol. The normalized spacial score (nSPS) is 11.8. The van der Waals surface area contributed by atoms with Crippen molar-refractivity contribution in [3.05, 3.63) is 73.6 Å². The summed E-state index contributed by atoms with van der Waals surface area (Å²) in [6.45, 7) is 2.64. The summed E-state index contributed by atoms with van der Waals surface area (Å²) in [5.41, 5.74) is 2.51. The number of nitriles is 2. The van der Waals surface area contributed by atoms with Gasteiger partial charge in [-0.15, -0.1) is 11.3 Å². The molecule has 0 aliphatic rings. The summed E-state index contributed by atoms with van der Waals surface area (Å²) >= 11 is 1.06. The van der Waals surface area contributed by atoms with E-state index < -0.39 is 5.91 Å². The maximum atomic E-state index is 12.9. The molecular formula is C27H28N6O3S. The van der Waals surface area contributed by atoms with Crippen molar-refractivity contribution in [2.24, 2.45) is 0 Å². The van der Waals surface area contributed by atoms with Crippen LogP contribution in [0.15, 0.2) is 53.3 Å². The number of carbonyl (C=O) groups is 1. The molecule has 0 saturated carbocycles. The second-order valence-electron chi connectivity index (χ2n) is 8.01. The van der Waals surface area contributed by atoms with Gasteiger partial charge in [0, 0.05) is 43.8 Å². The van der Waals surface area contributed by atoms with Gasteiger partial charge in [-0.3, -0.25) is 14.2 Å². The van der Waals surface area contributed by atoms with Crippen molar-refractivity contribution in [3.8, 4) is 17.9 Å². The number of hydrogen-bond donors (Lipinski definition) is 2. The lowest BCUT2D eigenvalue weighted by Crippen LogP contribution is -2.34. The molecule has 10 heteroatoms. The molecule has 3 rings (SSSR count). The number of rotatable bonds is 10. The van der Waals surface area contributed by atoms with Gasteiger partial charge in [0.2, 0.25) is 0 Å². The Morgan fingerprint density at radius 1 is 1.22 bits per heavy atom. The van der Waals surface area contributed by atoms with Crippen molar-refractivity contribution in [3.63, 3.8) is 0 Å². The highest BCUT2D eigenvalue weighted by Crippen LogP contribution is 2.20. The smallest absolute Gasteiger partial charge is 0.270 e. The first kappa shape index (κ1) is 27.1. The second kappa shape index (κ2) is 13.0. The zero-order chi connectivity index (χ0) is 26.8. The fourth-order valence-electron chi connectivity index (χ4n) is 3.64. The highest BCUT2D eigenvalue weighted by molar-refractivity contribution is 7.07. The van der Waals surface area contributed by atoms with Crippen LogP contribution in [-0.4, -0.2) is 37.7 Å². The Bertz CT molecular complexity index is 1530. The van der Waals surface area contributed by atoms with Crippen LogP contribution in [0.4, 0.5) is 11.4 Å². The number of anilines is 2. The molecule has 1 amide bonds. The lowest BCUT2D eigenvalue weighted by Gasteiger charge is -2.20. The van der Waals surface area contributed by atoms with Crippen molar-refractivity contribution < 1.29 is 9.53 Å². The van der Waals surface area contributed by atoms with Gasteiger partial charge in [-0.25, -0.2) is 0 Å². The maximum Gasteiger partial charge on any atom is 0.270 e. The van der Waals surface area contributed by atoms with E-state index in [0.717, 1.165) is 47.0 Å². The average molecular weight is 517 g/mol. The van der Waals surface area contributed by atoms with Crippen LogP contribution in [0.5, 0.6) is 5.75 Å². The summed E-state index contributed by atoms with van der Waals surface area (Å²) in [5.74, 6) is 0.130. The number of hydrogen-bond acceptors (Lipinski definition) is 8. The van der Waals surface area contributed by atoms with Crippen molar-refractivity contribution in [1.82, 2.24) is 9.88 Å². The van der Waals surface area contributed by atoms with Gasteiger partial charge in [0.15, 0.2) is 5.57 Å². The number of carbonyl (C=O) groups excluding carboxylic acids is 1. The van der Waals surface area contributed by atoms with E-state index in [9.17, 15) is 14.9 Å². The van der Waals surface area contributed by atoms with E-state index >= 15 is 0 Å². The van der Waals surface area contributed by atoms with E-state index in [1.54, 1.807) is 26.3 Å². The molecule has 0 bridgehead atoms. The first-order chi connectivity index (χ1) is 17.9. The van der Waals surface area contributed by atoms with Crippen molar-refractivity contribution in [1.29, 1.82) is 10.5 Å². The van der Waals surface area contributed by atoms with Crippen LogP contribution >= 0.6 is 11.3 Å². The number of nitrogens with zero attached hydrogens (tertiary/aromatic N) is 4. The number of ether oxygens (including phenoxy) is 1. The van der Waals surface area contributed by atoms with Crippen molar-refractivity contribution in [2.45, 2.75) is 19.9 Å². The summed E-state index contributed by atoms with van der Waals surface area (Å²) in [7, 11) is 3.68. The van der Waals surface area contributed by atoms with Crippen LogP contribution in [-0.2, 0) is 17.8 Å². The third-order valence-electron chi connectivity index (χ3n) is 5.63. The molecule has 1 heterocycles. The number of benzene rings is 2. The summed E-state index contributed by atoms with van der Waals surface area (Å²) in [6, 6.07) is 19.5. The molecule has 1 aromatic heterocycles. The first-order valence-corrected chi connectivity index (χ1v) is 12.4. The SMILES string of the molecule is CCn1c(=O)/c(=C\Nc2cccc(CCN(C)c3cccc(OC)c3)c2)s/c1=C(/C#N)C(=O)NCC#N. The Morgan fingerprint density at radius 2 is 2.00 bits per heavy atom. The number of nitrogens with one attached hydrogen (secondary N) is 2. The number of methoxy groups -OCH3 is 1. The molecule has 37 heavy (non-hydrogen) atoms. The van der Waals surface area contributed by atoms with Crippen LogP contribution in [0.2, 0.25) is 0 Å². The summed E-state index contributed by atoms with van der Waals surface area (Å²) < 4.78 is 7.31. The molecule has 0 unspecified atom stereocenters. The number of thiazole rings is 1. The van der Waals surface area contributed by atoms with Gasteiger partial charge in [0.1, 0.15) is 27.6 Å². The highest BCUT2D eigenvalue weighted by atomic mass is 32.1. The minimum Gasteiger partial charge on any atom is -0.497 e. The average Bonchev–Trinajstić information content (AvgIpc) is 3.24. The summed E-state index contributed by atoms with van der Waals surface area (Å²) in [5, 5.41) is 23.7. The van der Waals surface area contributed by atoms with Crippen LogP contribution in [0.3, 0.4) is 0 Å². The molecule has 0 spiro atoms. The van der Waals surface area contributed by atoms with Gasteiger partial charge >= 0.3 is 0 Å². The van der Waals surface area contributed by atoms with E-state index in [0.29, 0.717) is 11.1 Å². The van der Waals surface area contributed by atoms with E-state index in [1.165, 1.54) is 4.57 Å². The molecule has 9 nitrogen and oxygen atoms in total. The van der Waals surface area contributed by atoms with Crippen molar-refractivity contribution >= 4 is 40.4 Å². The minimum absolute atomic E-state index is 0.194.